The fourth-order valence-corrected chi connectivity index (χ4v) is 94.3. The number of rotatable bonds is 9. The molecule has 0 aromatic rings. The molecule has 10 fully saturated rings. The first kappa shape index (κ1) is 10.9. The van der Waals surface area contributed by atoms with Gasteiger partial charge in [-0.25, -0.2) is 0 Å². The van der Waals surface area contributed by atoms with Crippen LogP contribution in [0.2, 0.25) is 47.7 Å². The zero-order valence-electron chi connectivity index (χ0n) is 13.9. The Hall–Kier alpha value is -0.0105. The molecule has 1 N–H and O–H groups in total. The normalized spacial score (nSPS) is 92.5. The van der Waals surface area contributed by atoms with Crippen LogP contribution in [-0.4, -0.2) is 11.1 Å². The van der Waals surface area contributed by atoms with Gasteiger partial charge in [-0.15, -0.1) is 0 Å². The van der Waals surface area contributed by atoms with Crippen molar-refractivity contribution < 1.29 is 16.4 Å². The van der Waals surface area contributed by atoms with Gasteiger partial charge in [0.1, 0.15) is 0 Å². The molecule has 10 aliphatic heterocycles. The van der Waals surface area contributed by atoms with Gasteiger partial charge >= 0.3 is 128 Å². The number of hydrogen-bond acceptors (Lipinski definition) is 1. The third kappa shape index (κ3) is 0.165. The molecule has 0 radical (unpaired) electrons. The van der Waals surface area contributed by atoms with Crippen LogP contribution in [0, 0.1) is 5.92 Å². The number of carboxylic acid groups (broad SMARTS) is 1. The third-order valence-electron chi connectivity index (χ3n) is 17.5. The Bertz CT molecular complexity index is 1010. The molecule has 5 unspecified atom stereocenters. The van der Waals surface area contributed by atoms with E-state index in [1.54, 1.807) is 0 Å². The van der Waals surface area contributed by atoms with Gasteiger partial charge in [-0.2, -0.15) is 0 Å². The van der Waals surface area contributed by atoms with Crippen molar-refractivity contribution in [3.63, 3.8) is 0 Å². The van der Waals surface area contributed by atoms with Gasteiger partial charge in [-0.1, -0.05) is 0 Å². The summed E-state index contributed by atoms with van der Waals surface area (Å²) in [7, 11) is 0. The summed E-state index contributed by atoms with van der Waals surface area (Å²) in [5.74, 6) is -0.214. The van der Waals surface area contributed by atoms with E-state index in [1.807, 2.05) is 0 Å². The topological polar surface area (TPSA) is 37.3 Å². The van der Waals surface area contributed by atoms with Gasteiger partial charge in [-0.3, -0.25) is 0 Å². The minimum absolute atomic E-state index is 0.141. The number of fused-ring (bicyclic) bond motifs is 10. The zero-order chi connectivity index (χ0) is 15.1. The fourth-order valence-electron chi connectivity index (χ4n) is 19.0. The Morgan fingerprint density at radius 3 is 1.83 bits per heavy atom. The molecular weight excluding hydrogens is 328 g/mol. The molecule has 0 saturated carbocycles. The van der Waals surface area contributed by atoms with E-state index in [2.05, 4.69) is 6.92 Å². The van der Waals surface area contributed by atoms with Crippen LogP contribution in [0.3, 0.4) is 0 Å². The van der Waals surface area contributed by atoms with Crippen molar-refractivity contribution in [1.82, 2.24) is 0 Å². The number of carbonyl (C=O) groups is 1. The zero-order valence-corrected chi connectivity index (χ0v) is 15.0. The monoisotopic (exact) mass is 356 g/mol. The first-order chi connectivity index (χ1) is 10.9. The van der Waals surface area contributed by atoms with E-state index in [0.29, 0.717) is 4.31 Å². The van der Waals surface area contributed by atoms with E-state index in [0.717, 1.165) is 16.1 Å². The van der Waals surface area contributed by atoms with Gasteiger partial charge < -0.3 is 0 Å². The van der Waals surface area contributed by atoms with Crippen LogP contribution in [0.25, 0.3) is 0 Å². The van der Waals surface area contributed by atoms with Crippen molar-refractivity contribution in [2.45, 2.75) is 99.5 Å². The molecule has 10 rings (SSSR count). The summed E-state index contributed by atoms with van der Waals surface area (Å²) in [6, 6.07) is 0. The summed E-state index contributed by atoms with van der Waals surface area (Å²) in [6.45, 7) is -0.933. The summed E-state index contributed by atoms with van der Waals surface area (Å²) in [4.78, 5) is 23.5. The summed E-state index contributed by atoms with van der Waals surface area (Å²) in [5, 5.41) is 10.2. The molecule has 3 heteroatoms. The number of carboxylic acids is 1. The predicted molar refractivity (Wildman–Crippen MR) is 85.6 cm³/mol. The summed E-state index contributed by atoms with van der Waals surface area (Å²) < 4.78 is 0.578. The van der Waals surface area contributed by atoms with Crippen molar-refractivity contribution in [1.29, 1.82) is 0 Å². The van der Waals surface area contributed by atoms with Crippen molar-refractivity contribution in [3.8, 4) is 0 Å². The second-order valence-electron chi connectivity index (χ2n) is 13.2. The molecule has 10 saturated heterocycles. The molecule has 2 nitrogen and oxygen atoms in total. The Labute approximate surface area is 128 Å². The Morgan fingerprint density at radius 2 is 1.43 bits per heavy atom. The van der Waals surface area contributed by atoms with E-state index in [-0.39, 0.29) is 11.9 Å². The van der Waals surface area contributed by atoms with Gasteiger partial charge in [0.2, 0.25) is 0 Å². The van der Waals surface area contributed by atoms with Crippen LogP contribution in [0.4, 0.5) is 0 Å². The van der Waals surface area contributed by atoms with E-state index in [1.165, 1.54) is 72.2 Å². The molecule has 10 aliphatic rings. The third-order valence-corrected chi connectivity index (χ3v) is 60.2. The average molecular weight is 356 g/mol. The van der Waals surface area contributed by atoms with Crippen LogP contribution < -0.4 is 0 Å². The molecule has 23 heavy (non-hydrogen) atoms. The first-order valence-electron chi connectivity index (χ1n) is 10.4. The number of aliphatic carboxylic acids is 1. The van der Waals surface area contributed by atoms with E-state index < -0.39 is 6.51 Å². The quantitative estimate of drug-likeness (QED) is 0.395. The summed E-state index contributed by atoms with van der Waals surface area (Å²) >= 11 is 0. The van der Waals surface area contributed by atoms with Gasteiger partial charge in [0.25, 0.3) is 0 Å². The van der Waals surface area contributed by atoms with E-state index in [9.17, 15) is 9.90 Å². The van der Waals surface area contributed by atoms with Crippen LogP contribution in [0.15, 0.2) is 0 Å². The van der Waals surface area contributed by atoms with E-state index in [4.69, 9.17) is 0 Å². The molecular formula is C20H28FeO2. The maximum absolute atomic E-state index is 12.3. The molecule has 5 atom stereocenters. The standard InChI is InChI=1S/C15H23O2.C5H5.Fe/c1-2-3-4-5-6-7-12-14(15(16)17)13-10-8-9-11-13;1-2-4-5-3-1;/h8-11,14H,2-7,12H2,1H3,(H,16,17);1-5H;. The Balaban J connectivity index is 1.05. The van der Waals surface area contributed by atoms with Crippen LogP contribution in [0.1, 0.15) is 51.9 Å². The Kier molecular flexibility index (Phi) is 0.553. The van der Waals surface area contributed by atoms with Crippen molar-refractivity contribution in [2.24, 2.45) is 5.92 Å². The average Bonchev–Trinajstić information content (AvgIpc) is 3.46. The fraction of sp³-hybridized carbons (Fsp3) is 0.950. The van der Waals surface area contributed by atoms with Crippen molar-refractivity contribution in [3.05, 3.63) is 0 Å². The van der Waals surface area contributed by atoms with Crippen molar-refractivity contribution in [2.75, 3.05) is 0 Å². The van der Waals surface area contributed by atoms with E-state index >= 15 is 0 Å². The molecule has 1 spiro atoms. The number of unbranched alkanes of at least 4 members (excludes halogenated alkanes) is 5. The Morgan fingerprint density at radius 1 is 0.913 bits per heavy atom. The van der Waals surface area contributed by atoms with Gasteiger partial charge in [0.15, 0.2) is 0 Å². The van der Waals surface area contributed by atoms with Gasteiger partial charge in [0.05, 0.1) is 0 Å². The van der Waals surface area contributed by atoms with Gasteiger partial charge in [-0.05, 0) is 0 Å². The summed E-state index contributed by atoms with van der Waals surface area (Å²) in [5.41, 5.74) is 0. The van der Waals surface area contributed by atoms with Crippen LogP contribution in [0.5, 0.6) is 0 Å². The molecule has 0 amide bonds. The first-order valence-corrected chi connectivity index (χ1v) is 16.7. The number of hydrogen-bond donors (Lipinski definition) is 1. The SMILES string of the molecule is CCCCCCCCC(C(=O)O)[C]12[CH]3[CH]4[CH]5[CH]1[Fe]45321678[CH]2[CH]1[CH]6[CH]7[CH]28. The van der Waals surface area contributed by atoms with Gasteiger partial charge in [0, 0.05) is 0 Å². The van der Waals surface area contributed by atoms with Crippen LogP contribution >= 0.6 is 0 Å². The molecule has 0 aromatic heterocycles. The molecule has 0 aromatic carbocycles. The minimum atomic E-state index is -3.20. The second-order valence-corrected chi connectivity index (χ2v) is 36.8. The van der Waals surface area contributed by atoms with Crippen LogP contribution in [-0.2, 0) is 11.3 Å². The molecule has 128 valence electrons. The molecule has 10 heterocycles. The predicted octanol–water partition coefficient (Wildman–Crippen LogP) is 6.20. The van der Waals surface area contributed by atoms with Crippen molar-refractivity contribution >= 4 is 5.97 Å². The second kappa shape index (κ2) is 1.17. The molecule has 0 aliphatic carbocycles. The summed E-state index contributed by atoms with van der Waals surface area (Å²) in [6.07, 6.45) is 8.91. The molecule has 0 bridgehead atoms. The maximum atomic E-state index is 12.3.